The van der Waals surface area contributed by atoms with Crippen LogP contribution in [0.25, 0.3) is 0 Å². The number of guanidine groups is 1. The molecule has 1 aliphatic carbocycles. The van der Waals surface area contributed by atoms with Crippen LogP contribution in [0.15, 0.2) is 4.99 Å². The molecule has 0 aromatic rings. The molecule has 0 radical (unpaired) electrons. The van der Waals surface area contributed by atoms with Crippen LogP contribution in [0.4, 0.5) is 0 Å². The Balaban J connectivity index is 1.93. The van der Waals surface area contributed by atoms with Crippen LogP contribution in [0.3, 0.4) is 0 Å². The van der Waals surface area contributed by atoms with Crippen molar-refractivity contribution in [1.82, 2.24) is 10.6 Å². The van der Waals surface area contributed by atoms with E-state index in [0.29, 0.717) is 6.54 Å². The lowest BCUT2D eigenvalue weighted by Gasteiger charge is -2.06. The molecule has 0 aromatic heterocycles. The van der Waals surface area contributed by atoms with Crippen LogP contribution in [0.1, 0.15) is 12.8 Å². The summed E-state index contributed by atoms with van der Waals surface area (Å²) in [5, 5.41) is 13.6. The molecule has 0 aromatic carbocycles. The van der Waals surface area contributed by atoms with Gasteiger partial charge in [-0.15, -0.1) is 0 Å². The Labute approximate surface area is 80.4 Å². The van der Waals surface area contributed by atoms with Crippen LogP contribution in [0.5, 0.6) is 0 Å². The molecule has 0 bridgehead atoms. The third-order valence-electron chi connectivity index (χ3n) is 2.54. The zero-order valence-electron chi connectivity index (χ0n) is 7.54. The molecule has 2 rings (SSSR count). The van der Waals surface area contributed by atoms with Crippen molar-refractivity contribution in [3.63, 3.8) is 0 Å². The minimum Gasteiger partial charge on any atom is -0.396 e. The highest BCUT2D eigenvalue weighted by atomic mass is 16.3. The average molecular weight is 197 g/mol. The molecule has 2 fully saturated rings. The molecule has 76 valence electrons. The first-order valence-corrected chi connectivity index (χ1v) is 4.43. The number of aliphatic imine (C=N–C) groups is 1. The smallest absolute Gasteiger partial charge is 0.316 e. The fraction of sp³-hybridized carbons (Fsp3) is 0.625. The predicted molar refractivity (Wildman–Crippen MR) is 47.3 cm³/mol. The zero-order valence-corrected chi connectivity index (χ0v) is 7.54. The number of aliphatic hydroxyl groups is 1. The molecule has 6 heteroatoms. The Hall–Kier alpha value is -1.43. The number of hydrogen-bond donors (Lipinski definition) is 3. The summed E-state index contributed by atoms with van der Waals surface area (Å²) >= 11 is 0. The van der Waals surface area contributed by atoms with Crippen molar-refractivity contribution in [3.05, 3.63) is 0 Å². The third-order valence-corrected chi connectivity index (χ3v) is 2.54. The first-order valence-electron chi connectivity index (χ1n) is 4.43. The summed E-state index contributed by atoms with van der Waals surface area (Å²) in [5.41, 5.74) is -0.106. The van der Waals surface area contributed by atoms with Crippen LogP contribution in [0, 0.1) is 5.41 Å². The van der Waals surface area contributed by atoms with Gasteiger partial charge < -0.3 is 5.11 Å². The molecule has 6 nitrogen and oxygen atoms in total. The van der Waals surface area contributed by atoms with Crippen LogP contribution >= 0.6 is 0 Å². The highest BCUT2D eigenvalue weighted by Crippen LogP contribution is 2.45. The summed E-state index contributed by atoms with van der Waals surface area (Å²) in [6, 6.07) is 0. The number of carbonyl (C=O) groups excluding carboxylic acids is 2. The molecule has 0 unspecified atom stereocenters. The molecule has 1 heterocycles. The highest BCUT2D eigenvalue weighted by Gasteiger charge is 2.42. The number of carbonyl (C=O) groups is 2. The second-order valence-corrected chi connectivity index (χ2v) is 3.73. The third kappa shape index (κ3) is 1.60. The maximum absolute atomic E-state index is 10.7. The van der Waals surface area contributed by atoms with Gasteiger partial charge in [0.05, 0.1) is 13.2 Å². The lowest BCUT2D eigenvalue weighted by molar-refractivity contribution is -0.135. The number of nitrogens with one attached hydrogen (secondary N) is 2. The fourth-order valence-electron chi connectivity index (χ4n) is 1.23. The van der Waals surface area contributed by atoms with E-state index in [9.17, 15) is 9.59 Å². The number of nitrogens with zero attached hydrogens (tertiary/aromatic N) is 1. The minimum atomic E-state index is -0.683. The van der Waals surface area contributed by atoms with Crippen LogP contribution < -0.4 is 10.6 Å². The first kappa shape index (κ1) is 9.14. The van der Waals surface area contributed by atoms with Crippen molar-refractivity contribution in [2.24, 2.45) is 10.4 Å². The van der Waals surface area contributed by atoms with E-state index in [1.165, 1.54) is 0 Å². The van der Waals surface area contributed by atoms with Crippen molar-refractivity contribution >= 4 is 17.8 Å². The molecule has 3 N–H and O–H groups in total. The van der Waals surface area contributed by atoms with Gasteiger partial charge in [0.2, 0.25) is 5.96 Å². The van der Waals surface area contributed by atoms with Crippen LogP contribution in [-0.4, -0.2) is 36.0 Å². The lowest BCUT2D eigenvalue weighted by Crippen LogP contribution is -2.27. The maximum Gasteiger partial charge on any atom is 0.316 e. The van der Waals surface area contributed by atoms with E-state index in [2.05, 4.69) is 15.6 Å². The van der Waals surface area contributed by atoms with Crippen molar-refractivity contribution in [2.75, 3.05) is 13.2 Å². The van der Waals surface area contributed by atoms with Gasteiger partial charge in [0.25, 0.3) is 0 Å². The van der Waals surface area contributed by atoms with Crippen LogP contribution in [-0.2, 0) is 9.59 Å². The summed E-state index contributed by atoms with van der Waals surface area (Å²) < 4.78 is 0. The number of amides is 2. The second-order valence-electron chi connectivity index (χ2n) is 3.73. The van der Waals surface area contributed by atoms with E-state index in [-0.39, 0.29) is 18.0 Å². The van der Waals surface area contributed by atoms with Gasteiger partial charge in [0.1, 0.15) is 0 Å². The van der Waals surface area contributed by atoms with Crippen LogP contribution in [0.2, 0.25) is 0 Å². The van der Waals surface area contributed by atoms with E-state index in [4.69, 9.17) is 5.11 Å². The van der Waals surface area contributed by atoms with Crippen molar-refractivity contribution < 1.29 is 14.7 Å². The highest BCUT2D eigenvalue weighted by molar-refractivity contribution is 6.45. The number of aliphatic hydroxyl groups excluding tert-OH is 1. The van der Waals surface area contributed by atoms with E-state index >= 15 is 0 Å². The quantitative estimate of drug-likeness (QED) is 0.474. The maximum atomic E-state index is 10.7. The van der Waals surface area contributed by atoms with Gasteiger partial charge in [-0.2, -0.15) is 0 Å². The predicted octanol–water partition coefficient (Wildman–Crippen LogP) is -1.64. The Bertz CT molecular complexity index is 302. The van der Waals surface area contributed by atoms with Gasteiger partial charge in [0.15, 0.2) is 0 Å². The van der Waals surface area contributed by atoms with Crippen molar-refractivity contribution in [3.8, 4) is 0 Å². The Morgan fingerprint density at radius 3 is 2.29 bits per heavy atom. The van der Waals surface area contributed by atoms with E-state index in [0.717, 1.165) is 12.8 Å². The standard InChI is InChI=1S/C8H11N3O3/c12-4-8(1-2-8)3-9-7-10-5(13)6(14)11-7/h12H,1-4H2,(H2,9,10,11,13,14). The lowest BCUT2D eigenvalue weighted by atomic mass is 10.1. The summed E-state index contributed by atoms with van der Waals surface area (Å²) in [7, 11) is 0. The largest absolute Gasteiger partial charge is 0.396 e. The summed E-state index contributed by atoms with van der Waals surface area (Å²) in [4.78, 5) is 25.5. The number of rotatable bonds is 3. The summed E-state index contributed by atoms with van der Waals surface area (Å²) in [6.45, 7) is 0.547. The SMILES string of the molecule is O=C1NC(=NCC2(CO)CC2)NC1=O. The van der Waals surface area contributed by atoms with Gasteiger partial charge in [-0.25, -0.2) is 0 Å². The molecule has 0 atom stereocenters. The molecule has 1 aliphatic heterocycles. The zero-order chi connectivity index (χ0) is 10.2. The topological polar surface area (TPSA) is 90.8 Å². The van der Waals surface area contributed by atoms with Crippen molar-refractivity contribution in [1.29, 1.82) is 0 Å². The van der Waals surface area contributed by atoms with Gasteiger partial charge >= 0.3 is 11.8 Å². The molecule has 1 saturated heterocycles. The molecule has 2 aliphatic rings. The Kier molecular flexibility index (Phi) is 1.99. The van der Waals surface area contributed by atoms with E-state index < -0.39 is 11.8 Å². The molecular weight excluding hydrogens is 186 g/mol. The minimum absolute atomic E-state index is 0.103. The monoisotopic (exact) mass is 197 g/mol. The summed E-state index contributed by atoms with van der Waals surface area (Å²) in [5.74, 6) is -1.17. The van der Waals surface area contributed by atoms with E-state index in [1.54, 1.807) is 0 Å². The molecule has 0 spiro atoms. The fourth-order valence-corrected chi connectivity index (χ4v) is 1.23. The van der Waals surface area contributed by atoms with Gasteiger partial charge in [0, 0.05) is 5.41 Å². The molecule has 2 amide bonds. The summed E-state index contributed by atoms with van der Waals surface area (Å²) in [6.07, 6.45) is 1.89. The second kappa shape index (κ2) is 3.06. The van der Waals surface area contributed by atoms with Gasteiger partial charge in [-0.3, -0.25) is 25.2 Å². The Morgan fingerprint density at radius 2 is 1.86 bits per heavy atom. The van der Waals surface area contributed by atoms with Gasteiger partial charge in [-0.05, 0) is 12.8 Å². The number of hydrogen-bond acceptors (Lipinski definition) is 4. The van der Waals surface area contributed by atoms with E-state index in [1.807, 2.05) is 0 Å². The molecular formula is C8H11N3O3. The van der Waals surface area contributed by atoms with Gasteiger partial charge in [-0.1, -0.05) is 0 Å². The normalized spacial score (nSPS) is 23.1. The molecule has 14 heavy (non-hydrogen) atoms. The Morgan fingerprint density at radius 1 is 1.29 bits per heavy atom. The first-order chi connectivity index (χ1) is 6.65. The average Bonchev–Trinajstić information content (AvgIpc) is 2.88. The molecule has 1 saturated carbocycles. The van der Waals surface area contributed by atoms with Crippen molar-refractivity contribution in [2.45, 2.75) is 12.8 Å².